The molecule has 1 N–H and O–H groups in total. The zero-order valence-corrected chi connectivity index (χ0v) is 15.0. The van der Waals surface area contributed by atoms with Gasteiger partial charge in [0.05, 0.1) is 5.56 Å². The van der Waals surface area contributed by atoms with Crippen LogP contribution < -0.4 is 0 Å². The summed E-state index contributed by atoms with van der Waals surface area (Å²) in [6.45, 7) is 6.67. The maximum absolute atomic E-state index is 12.9. The van der Waals surface area contributed by atoms with Crippen LogP contribution in [0, 0.1) is 0 Å². The molecule has 1 atom stereocenters. The maximum atomic E-state index is 12.9. The molecule has 0 amide bonds. The van der Waals surface area contributed by atoms with Crippen LogP contribution in [-0.4, -0.2) is 26.1 Å². The Morgan fingerprint density at radius 1 is 1.18 bits per heavy atom. The van der Waals surface area contributed by atoms with E-state index in [2.05, 4.69) is 16.8 Å². The van der Waals surface area contributed by atoms with E-state index < -0.39 is 23.8 Å². The van der Waals surface area contributed by atoms with Crippen molar-refractivity contribution in [3.8, 4) is 11.4 Å². The molecule has 1 aromatic heterocycles. The minimum atomic E-state index is -4.50. The standard InChI is InChI=1S/C19H16F3N3O3/c1-10(2)18(27)28-11(3)12-4-7-17(26)16(8-12)25-23-14-6-5-13(19(20,21)22)9-15(14)24-25/h4-9,11,26H,1H2,2-3H3. The maximum Gasteiger partial charge on any atom is 0.416 e. The molecule has 3 aromatic rings. The van der Waals surface area contributed by atoms with Crippen molar-refractivity contribution in [1.29, 1.82) is 0 Å². The van der Waals surface area contributed by atoms with Crippen LogP contribution in [-0.2, 0) is 15.7 Å². The number of nitrogens with zero attached hydrogens (tertiary/aromatic N) is 3. The number of phenols is 1. The molecule has 0 radical (unpaired) electrons. The molecule has 0 fully saturated rings. The summed E-state index contributed by atoms with van der Waals surface area (Å²) in [5, 5.41) is 18.3. The first-order valence-corrected chi connectivity index (χ1v) is 8.20. The van der Waals surface area contributed by atoms with Crippen LogP contribution in [0.1, 0.15) is 31.1 Å². The van der Waals surface area contributed by atoms with Gasteiger partial charge in [-0.1, -0.05) is 12.6 Å². The van der Waals surface area contributed by atoms with E-state index in [0.29, 0.717) is 5.56 Å². The largest absolute Gasteiger partial charge is 0.506 e. The van der Waals surface area contributed by atoms with Crippen LogP contribution in [0.15, 0.2) is 48.6 Å². The summed E-state index contributed by atoms with van der Waals surface area (Å²) >= 11 is 0. The molecule has 28 heavy (non-hydrogen) atoms. The second-order valence-corrected chi connectivity index (χ2v) is 6.27. The first-order valence-electron chi connectivity index (χ1n) is 8.20. The monoisotopic (exact) mass is 391 g/mol. The van der Waals surface area contributed by atoms with Crippen LogP contribution in [0.5, 0.6) is 5.75 Å². The molecule has 146 valence electrons. The van der Waals surface area contributed by atoms with E-state index in [1.54, 1.807) is 13.0 Å². The molecule has 0 saturated carbocycles. The highest BCUT2D eigenvalue weighted by Crippen LogP contribution is 2.32. The van der Waals surface area contributed by atoms with Gasteiger partial charge in [-0.15, -0.1) is 15.0 Å². The summed E-state index contributed by atoms with van der Waals surface area (Å²) in [4.78, 5) is 12.7. The van der Waals surface area contributed by atoms with Crippen molar-refractivity contribution in [3.63, 3.8) is 0 Å². The third-order valence-corrected chi connectivity index (χ3v) is 4.02. The number of aromatic nitrogens is 3. The number of alkyl halides is 3. The Hall–Kier alpha value is -3.36. The summed E-state index contributed by atoms with van der Waals surface area (Å²) in [5.41, 5.74) is 0.345. The molecular weight excluding hydrogens is 375 g/mol. The number of carbonyl (C=O) groups excluding carboxylic acids is 1. The van der Waals surface area contributed by atoms with Crippen molar-refractivity contribution in [1.82, 2.24) is 15.0 Å². The van der Waals surface area contributed by atoms with Gasteiger partial charge in [0.1, 0.15) is 28.6 Å². The highest BCUT2D eigenvalue weighted by atomic mass is 19.4. The Balaban J connectivity index is 1.99. The molecule has 9 heteroatoms. The number of hydrogen-bond acceptors (Lipinski definition) is 5. The minimum Gasteiger partial charge on any atom is -0.506 e. The van der Waals surface area contributed by atoms with E-state index >= 15 is 0 Å². The number of ether oxygens (including phenoxy) is 1. The first kappa shape index (κ1) is 19.4. The molecule has 3 rings (SSSR count). The molecular formula is C19H16F3N3O3. The molecule has 0 aliphatic carbocycles. The third kappa shape index (κ3) is 3.83. The summed E-state index contributed by atoms with van der Waals surface area (Å²) in [6, 6.07) is 7.42. The van der Waals surface area contributed by atoms with Gasteiger partial charge in [0, 0.05) is 5.57 Å². The van der Waals surface area contributed by atoms with Crippen LogP contribution in [0.3, 0.4) is 0 Å². The minimum absolute atomic E-state index is 0.0291. The summed E-state index contributed by atoms with van der Waals surface area (Å²) in [7, 11) is 0. The van der Waals surface area contributed by atoms with Crippen LogP contribution in [0.2, 0.25) is 0 Å². The Morgan fingerprint density at radius 3 is 2.50 bits per heavy atom. The molecule has 0 spiro atoms. The fourth-order valence-corrected chi connectivity index (χ4v) is 2.48. The Morgan fingerprint density at radius 2 is 1.86 bits per heavy atom. The van der Waals surface area contributed by atoms with Gasteiger partial charge in [-0.05, 0) is 49.7 Å². The van der Waals surface area contributed by atoms with Gasteiger partial charge in [0.25, 0.3) is 0 Å². The van der Waals surface area contributed by atoms with E-state index in [4.69, 9.17) is 4.74 Å². The number of carbonyl (C=O) groups is 1. The average Bonchev–Trinajstić information content (AvgIpc) is 3.04. The highest BCUT2D eigenvalue weighted by molar-refractivity contribution is 5.87. The second kappa shape index (κ2) is 6.99. The van der Waals surface area contributed by atoms with Gasteiger partial charge in [-0.2, -0.15) is 13.2 Å². The van der Waals surface area contributed by atoms with Gasteiger partial charge >= 0.3 is 12.1 Å². The summed E-state index contributed by atoms with van der Waals surface area (Å²) in [5.74, 6) is -0.747. The molecule has 2 aromatic carbocycles. The molecule has 1 unspecified atom stereocenters. The Labute approximate surface area is 157 Å². The van der Waals surface area contributed by atoms with Crippen molar-refractivity contribution in [3.05, 3.63) is 59.7 Å². The van der Waals surface area contributed by atoms with E-state index in [1.165, 1.54) is 25.1 Å². The number of esters is 1. The number of halogens is 3. The van der Waals surface area contributed by atoms with E-state index in [9.17, 15) is 23.1 Å². The number of hydrogen-bond donors (Lipinski definition) is 1. The average molecular weight is 391 g/mol. The van der Waals surface area contributed by atoms with E-state index in [1.807, 2.05) is 0 Å². The topological polar surface area (TPSA) is 77.2 Å². The van der Waals surface area contributed by atoms with Crippen LogP contribution >= 0.6 is 0 Å². The summed E-state index contributed by atoms with van der Waals surface area (Å²) in [6.07, 6.45) is -5.15. The predicted octanol–water partition coefficient (Wildman–Crippen LogP) is 4.33. The number of benzene rings is 2. The second-order valence-electron chi connectivity index (χ2n) is 6.27. The molecule has 0 aliphatic rings. The lowest BCUT2D eigenvalue weighted by Gasteiger charge is -2.15. The molecule has 0 bridgehead atoms. The quantitative estimate of drug-likeness (QED) is 0.529. The van der Waals surface area contributed by atoms with E-state index in [0.717, 1.165) is 16.9 Å². The molecule has 6 nitrogen and oxygen atoms in total. The normalized spacial score (nSPS) is 12.8. The lowest BCUT2D eigenvalue weighted by Crippen LogP contribution is -2.10. The van der Waals surface area contributed by atoms with Crippen molar-refractivity contribution in [2.75, 3.05) is 0 Å². The Bertz CT molecular complexity index is 1070. The van der Waals surface area contributed by atoms with Crippen molar-refractivity contribution in [2.24, 2.45) is 0 Å². The van der Waals surface area contributed by atoms with E-state index in [-0.39, 0.29) is 28.0 Å². The fraction of sp³-hybridized carbons (Fsp3) is 0.211. The zero-order chi connectivity index (χ0) is 20.6. The molecule has 1 heterocycles. The van der Waals surface area contributed by atoms with Gasteiger partial charge in [-0.3, -0.25) is 0 Å². The van der Waals surface area contributed by atoms with Crippen LogP contribution in [0.4, 0.5) is 13.2 Å². The number of aromatic hydroxyl groups is 1. The molecule has 0 saturated heterocycles. The van der Waals surface area contributed by atoms with Crippen molar-refractivity contribution in [2.45, 2.75) is 26.1 Å². The van der Waals surface area contributed by atoms with Crippen molar-refractivity contribution < 1.29 is 27.8 Å². The van der Waals surface area contributed by atoms with Crippen LogP contribution in [0.25, 0.3) is 16.7 Å². The SMILES string of the molecule is C=C(C)C(=O)OC(C)c1ccc(O)c(-n2nc3ccc(C(F)(F)F)cc3n2)c1. The first-order chi connectivity index (χ1) is 13.1. The number of phenolic OH excluding ortho intramolecular Hbond substituents is 1. The van der Waals surface area contributed by atoms with Gasteiger partial charge < -0.3 is 9.84 Å². The number of rotatable bonds is 4. The Kier molecular flexibility index (Phi) is 4.84. The highest BCUT2D eigenvalue weighted by Gasteiger charge is 2.31. The third-order valence-electron chi connectivity index (χ3n) is 4.02. The van der Waals surface area contributed by atoms with Gasteiger partial charge in [0.15, 0.2) is 0 Å². The van der Waals surface area contributed by atoms with Crippen molar-refractivity contribution >= 4 is 17.0 Å². The lowest BCUT2D eigenvalue weighted by molar-refractivity contribution is -0.143. The predicted molar refractivity (Wildman–Crippen MR) is 94.9 cm³/mol. The smallest absolute Gasteiger partial charge is 0.416 e. The fourth-order valence-electron chi connectivity index (χ4n) is 2.48. The molecule has 0 aliphatic heterocycles. The zero-order valence-electron chi connectivity index (χ0n) is 15.0. The van der Waals surface area contributed by atoms with Gasteiger partial charge in [-0.25, -0.2) is 4.79 Å². The lowest BCUT2D eigenvalue weighted by atomic mass is 10.1. The number of fused-ring (bicyclic) bond motifs is 1. The van der Waals surface area contributed by atoms with Gasteiger partial charge in [0.2, 0.25) is 0 Å². The summed E-state index contributed by atoms with van der Waals surface area (Å²) < 4.78 is 43.9.